The number of carbonyl (C=O) groups excluding carboxylic acids is 2. The van der Waals surface area contributed by atoms with E-state index in [1.165, 1.54) is 48.5 Å². The number of hydrazine groups is 1. The number of aromatic hydroxyl groups is 1. The SMILES string of the molecule is O=C(COc1ccc([N+](=O)[O-])cc1)NC(=S)NNC(=O)c1ccc(O)cc1. The Morgan fingerprint density at radius 1 is 1.07 bits per heavy atom. The van der Waals surface area contributed by atoms with Crippen LogP contribution in [-0.2, 0) is 4.79 Å². The summed E-state index contributed by atoms with van der Waals surface area (Å²) >= 11 is 4.87. The van der Waals surface area contributed by atoms with Crippen molar-refractivity contribution < 1.29 is 24.4 Å². The molecule has 10 nitrogen and oxygen atoms in total. The van der Waals surface area contributed by atoms with Crippen LogP contribution in [0.5, 0.6) is 11.5 Å². The number of benzene rings is 2. The maximum atomic E-state index is 11.8. The summed E-state index contributed by atoms with van der Waals surface area (Å²) in [6.07, 6.45) is 0. The van der Waals surface area contributed by atoms with Gasteiger partial charge in [0, 0.05) is 17.7 Å². The molecule has 0 spiro atoms. The fourth-order valence-corrected chi connectivity index (χ4v) is 1.97. The van der Waals surface area contributed by atoms with E-state index < -0.39 is 16.7 Å². The predicted molar refractivity (Wildman–Crippen MR) is 98.0 cm³/mol. The molecule has 0 radical (unpaired) electrons. The van der Waals surface area contributed by atoms with Crippen LogP contribution in [0.2, 0.25) is 0 Å². The smallest absolute Gasteiger partial charge is 0.269 e. The number of nitrogens with one attached hydrogen (secondary N) is 3. The van der Waals surface area contributed by atoms with E-state index in [9.17, 15) is 19.7 Å². The molecule has 2 rings (SSSR count). The minimum Gasteiger partial charge on any atom is -0.508 e. The quantitative estimate of drug-likeness (QED) is 0.337. The number of thiocarbonyl (C=S) groups is 1. The molecule has 11 heteroatoms. The maximum Gasteiger partial charge on any atom is 0.269 e. The van der Waals surface area contributed by atoms with Crippen LogP contribution in [0, 0.1) is 10.1 Å². The zero-order valence-electron chi connectivity index (χ0n) is 13.7. The van der Waals surface area contributed by atoms with Gasteiger partial charge >= 0.3 is 0 Å². The summed E-state index contributed by atoms with van der Waals surface area (Å²) in [7, 11) is 0. The van der Waals surface area contributed by atoms with Gasteiger partial charge in [-0.15, -0.1) is 0 Å². The summed E-state index contributed by atoms with van der Waals surface area (Å²) in [5.74, 6) is -0.816. The summed E-state index contributed by atoms with van der Waals surface area (Å²) in [6, 6.07) is 10.7. The third kappa shape index (κ3) is 6.25. The average Bonchev–Trinajstić information content (AvgIpc) is 2.65. The Balaban J connectivity index is 1.73. The molecule has 0 heterocycles. The summed E-state index contributed by atoms with van der Waals surface area (Å²) in [5, 5.41) is 21.9. The number of rotatable bonds is 5. The van der Waals surface area contributed by atoms with Crippen LogP contribution in [0.1, 0.15) is 10.4 Å². The number of hydrogen-bond acceptors (Lipinski definition) is 7. The number of nitro benzene ring substituents is 1. The van der Waals surface area contributed by atoms with Gasteiger partial charge in [-0.2, -0.15) is 0 Å². The van der Waals surface area contributed by atoms with Gasteiger partial charge in [0.05, 0.1) is 4.92 Å². The van der Waals surface area contributed by atoms with Crippen molar-refractivity contribution in [2.45, 2.75) is 0 Å². The van der Waals surface area contributed by atoms with Gasteiger partial charge in [-0.05, 0) is 48.6 Å². The second-order valence-electron chi connectivity index (χ2n) is 5.04. The van der Waals surface area contributed by atoms with Gasteiger partial charge in [-0.3, -0.25) is 35.9 Å². The lowest BCUT2D eigenvalue weighted by Crippen LogP contribution is -2.49. The monoisotopic (exact) mass is 390 g/mol. The third-order valence-corrected chi connectivity index (χ3v) is 3.29. The van der Waals surface area contributed by atoms with E-state index in [2.05, 4.69) is 16.2 Å². The van der Waals surface area contributed by atoms with Gasteiger partial charge in [0.2, 0.25) is 0 Å². The Hall–Kier alpha value is -3.73. The van der Waals surface area contributed by atoms with Crippen LogP contribution in [0.15, 0.2) is 48.5 Å². The topological polar surface area (TPSA) is 143 Å². The molecule has 0 fully saturated rings. The normalized spacial score (nSPS) is 9.78. The Bertz CT molecular complexity index is 854. The summed E-state index contributed by atoms with van der Waals surface area (Å²) in [5.41, 5.74) is 4.81. The first-order chi connectivity index (χ1) is 12.8. The van der Waals surface area contributed by atoms with Crippen molar-refractivity contribution in [3.63, 3.8) is 0 Å². The molecule has 2 aromatic carbocycles. The van der Waals surface area contributed by atoms with E-state index in [1.807, 2.05) is 0 Å². The molecule has 2 amide bonds. The number of nitrogens with zero attached hydrogens (tertiary/aromatic N) is 1. The van der Waals surface area contributed by atoms with E-state index in [1.54, 1.807) is 0 Å². The Labute approximate surface area is 158 Å². The molecule has 27 heavy (non-hydrogen) atoms. The number of phenols is 1. The van der Waals surface area contributed by atoms with E-state index >= 15 is 0 Å². The highest BCUT2D eigenvalue weighted by Crippen LogP contribution is 2.17. The first kappa shape index (κ1) is 19.6. The van der Waals surface area contributed by atoms with Crippen molar-refractivity contribution in [2.24, 2.45) is 0 Å². The average molecular weight is 390 g/mol. The van der Waals surface area contributed by atoms with Gasteiger partial charge < -0.3 is 9.84 Å². The fourth-order valence-electron chi connectivity index (χ4n) is 1.81. The number of carbonyl (C=O) groups is 2. The van der Waals surface area contributed by atoms with Gasteiger partial charge in [0.25, 0.3) is 17.5 Å². The van der Waals surface area contributed by atoms with Gasteiger partial charge in [0.15, 0.2) is 11.7 Å². The zero-order valence-corrected chi connectivity index (χ0v) is 14.5. The molecule has 0 saturated heterocycles. The number of non-ortho nitro benzene ring substituents is 1. The van der Waals surface area contributed by atoms with E-state index in [4.69, 9.17) is 22.1 Å². The fraction of sp³-hybridized carbons (Fsp3) is 0.0625. The number of phenolic OH excluding ortho intramolecular Hbond substituents is 1. The van der Waals surface area contributed by atoms with Crippen molar-refractivity contribution in [1.82, 2.24) is 16.2 Å². The standard InChI is InChI=1S/C16H14N4O6S/c21-12-5-1-10(2-6-12)15(23)18-19-16(27)17-14(22)9-26-13-7-3-11(4-8-13)20(24)25/h1-8,21H,9H2,(H,18,23)(H2,17,19,22,27). The van der Waals surface area contributed by atoms with Crippen LogP contribution in [0.3, 0.4) is 0 Å². The van der Waals surface area contributed by atoms with Gasteiger partial charge in [-0.25, -0.2) is 0 Å². The molecule has 140 valence electrons. The van der Waals surface area contributed by atoms with E-state index in [0.717, 1.165) is 0 Å². The van der Waals surface area contributed by atoms with Crippen molar-refractivity contribution in [2.75, 3.05) is 6.61 Å². The summed E-state index contributed by atoms with van der Waals surface area (Å²) < 4.78 is 5.18. The highest BCUT2D eigenvalue weighted by atomic mass is 32.1. The van der Waals surface area contributed by atoms with Crippen LogP contribution < -0.4 is 20.9 Å². The number of hydrogen-bond donors (Lipinski definition) is 4. The molecule has 2 aromatic rings. The van der Waals surface area contributed by atoms with Crippen molar-refractivity contribution in [3.8, 4) is 11.5 Å². The lowest BCUT2D eigenvalue weighted by molar-refractivity contribution is -0.384. The second-order valence-corrected chi connectivity index (χ2v) is 5.45. The molecule has 0 saturated carbocycles. The zero-order chi connectivity index (χ0) is 19.8. The second kappa shape index (κ2) is 9.10. The number of amides is 2. The summed E-state index contributed by atoms with van der Waals surface area (Å²) in [4.78, 5) is 33.6. The van der Waals surface area contributed by atoms with Gasteiger partial charge in [0.1, 0.15) is 11.5 Å². The first-order valence-electron chi connectivity index (χ1n) is 7.41. The molecule has 0 aliphatic carbocycles. The largest absolute Gasteiger partial charge is 0.508 e. The predicted octanol–water partition coefficient (Wildman–Crippen LogP) is 1.01. The molecule has 0 unspecified atom stereocenters. The lowest BCUT2D eigenvalue weighted by atomic mass is 10.2. The van der Waals surface area contributed by atoms with E-state index in [-0.39, 0.29) is 34.5 Å². The van der Waals surface area contributed by atoms with Crippen LogP contribution in [-0.4, -0.2) is 33.6 Å². The van der Waals surface area contributed by atoms with Crippen LogP contribution in [0.25, 0.3) is 0 Å². The highest BCUT2D eigenvalue weighted by molar-refractivity contribution is 7.80. The van der Waals surface area contributed by atoms with Gasteiger partial charge in [-0.1, -0.05) is 0 Å². The Morgan fingerprint density at radius 2 is 1.70 bits per heavy atom. The van der Waals surface area contributed by atoms with Crippen LogP contribution in [0.4, 0.5) is 5.69 Å². The van der Waals surface area contributed by atoms with Crippen molar-refractivity contribution >= 4 is 34.8 Å². The number of ether oxygens (including phenoxy) is 1. The maximum absolute atomic E-state index is 11.8. The number of nitro groups is 1. The minimum absolute atomic E-state index is 0.0234. The molecule has 4 N–H and O–H groups in total. The molecule has 0 aliphatic rings. The lowest BCUT2D eigenvalue weighted by Gasteiger charge is -2.11. The molecule has 0 aromatic heterocycles. The highest BCUT2D eigenvalue weighted by Gasteiger charge is 2.09. The molecule has 0 bridgehead atoms. The molecule has 0 atom stereocenters. The van der Waals surface area contributed by atoms with Crippen LogP contribution >= 0.6 is 12.2 Å². The molecular formula is C16H14N4O6S. The minimum atomic E-state index is -0.593. The Morgan fingerprint density at radius 3 is 2.30 bits per heavy atom. The first-order valence-corrected chi connectivity index (χ1v) is 7.82. The Kier molecular flexibility index (Phi) is 6.61. The van der Waals surface area contributed by atoms with E-state index in [0.29, 0.717) is 0 Å². The molecule has 0 aliphatic heterocycles. The third-order valence-electron chi connectivity index (χ3n) is 3.09. The molecular weight excluding hydrogens is 376 g/mol. The summed E-state index contributed by atoms with van der Waals surface area (Å²) in [6.45, 7) is -0.383. The van der Waals surface area contributed by atoms with Crippen molar-refractivity contribution in [3.05, 3.63) is 64.2 Å². The van der Waals surface area contributed by atoms with Crippen molar-refractivity contribution in [1.29, 1.82) is 0 Å².